The number of aromatic nitrogens is 1. The van der Waals surface area contributed by atoms with Gasteiger partial charge in [0, 0.05) is 29.2 Å². The lowest BCUT2D eigenvalue weighted by Gasteiger charge is -2.20. The van der Waals surface area contributed by atoms with E-state index in [2.05, 4.69) is 20.7 Å². The lowest BCUT2D eigenvalue weighted by Crippen LogP contribution is -2.35. The number of aliphatic imine (C=N–C) groups is 1. The van der Waals surface area contributed by atoms with E-state index in [1.807, 2.05) is 86.8 Å². The zero-order valence-electron chi connectivity index (χ0n) is 22.8. The molecule has 4 aromatic rings. The van der Waals surface area contributed by atoms with Crippen molar-refractivity contribution in [1.82, 2.24) is 9.58 Å². The van der Waals surface area contributed by atoms with E-state index in [1.165, 1.54) is 16.8 Å². The van der Waals surface area contributed by atoms with Crippen molar-refractivity contribution in [3.05, 3.63) is 101 Å². The van der Waals surface area contributed by atoms with Gasteiger partial charge in [0.25, 0.3) is 5.91 Å². The van der Waals surface area contributed by atoms with Crippen LogP contribution < -0.4 is 9.47 Å². The SMILES string of the molecule is Cc1ccccc1OCCCn1cc(/C=C2/C(=N)N3N=C(COc4ccccc4C)SC3=NC2=O)c2ccccc21. The Labute approximate surface area is 242 Å². The Balaban J connectivity index is 1.18. The van der Waals surface area contributed by atoms with Gasteiger partial charge in [-0.1, -0.05) is 54.6 Å². The molecule has 1 amide bonds. The van der Waals surface area contributed by atoms with E-state index in [0.717, 1.165) is 52.1 Å². The van der Waals surface area contributed by atoms with Crippen molar-refractivity contribution < 1.29 is 14.3 Å². The summed E-state index contributed by atoms with van der Waals surface area (Å²) in [5.74, 6) is 1.22. The molecule has 0 unspecified atom stereocenters. The number of amidine groups is 2. The Bertz CT molecular complexity index is 1750. The van der Waals surface area contributed by atoms with Gasteiger partial charge in [-0.25, -0.2) is 0 Å². The molecule has 2 aliphatic rings. The van der Waals surface area contributed by atoms with Crippen molar-refractivity contribution in [2.24, 2.45) is 10.1 Å². The van der Waals surface area contributed by atoms with Crippen LogP contribution in [-0.4, -0.2) is 44.7 Å². The first-order valence-electron chi connectivity index (χ1n) is 13.4. The lowest BCUT2D eigenvalue weighted by atomic mass is 10.1. The third-order valence-electron chi connectivity index (χ3n) is 6.95. The molecule has 0 saturated heterocycles. The summed E-state index contributed by atoms with van der Waals surface area (Å²) in [6.07, 6.45) is 4.59. The number of thioether (sulfide) groups is 1. The zero-order valence-corrected chi connectivity index (χ0v) is 23.6. The summed E-state index contributed by atoms with van der Waals surface area (Å²) in [4.78, 5) is 17.3. The molecule has 41 heavy (non-hydrogen) atoms. The number of hydrazone groups is 1. The number of rotatable bonds is 9. The predicted molar refractivity (Wildman–Crippen MR) is 165 cm³/mol. The van der Waals surface area contributed by atoms with Crippen LogP contribution in [0.3, 0.4) is 0 Å². The molecule has 0 spiro atoms. The maximum Gasteiger partial charge on any atom is 0.283 e. The molecule has 3 aromatic carbocycles. The van der Waals surface area contributed by atoms with Crippen LogP contribution in [0.1, 0.15) is 23.1 Å². The first kappa shape index (κ1) is 26.6. The van der Waals surface area contributed by atoms with Crippen LogP contribution in [0.15, 0.2) is 94.7 Å². The van der Waals surface area contributed by atoms with E-state index in [-0.39, 0.29) is 18.0 Å². The van der Waals surface area contributed by atoms with Gasteiger partial charge in [0.2, 0.25) is 5.17 Å². The minimum atomic E-state index is -0.450. The van der Waals surface area contributed by atoms with Crippen LogP contribution in [0.25, 0.3) is 17.0 Å². The Morgan fingerprint density at radius 3 is 2.37 bits per heavy atom. The fourth-order valence-electron chi connectivity index (χ4n) is 4.81. The van der Waals surface area contributed by atoms with Crippen LogP contribution in [0.4, 0.5) is 0 Å². The van der Waals surface area contributed by atoms with Crippen molar-refractivity contribution in [2.75, 3.05) is 13.2 Å². The number of fused-ring (bicyclic) bond motifs is 2. The third-order valence-corrected chi connectivity index (χ3v) is 7.84. The highest BCUT2D eigenvalue weighted by atomic mass is 32.2. The maximum atomic E-state index is 13.1. The summed E-state index contributed by atoms with van der Waals surface area (Å²) in [6.45, 7) is 5.59. The molecule has 0 bridgehead atoms. The Kier molecular flexibility index (Phi) is 7.43. The van der Waals surface area contributed by atoms with Crippen molar-refractivity contribution in [2.45, 2.75) is 26.8 Å². The average molecular weight is 564 g/mol. The first-order valence-corrected chi connectivity index (χ1v) is 14.2. The number of benzene rings is 3. The van der Waals surface area contributed by atoms with Crippen LogP contribution in [0.5, 0.6) is 11.5 Å². The van der Waals surface area contributed by atoms with Crippen LogP contribution in [-0.2, 0) is 11.3 Å². The van der Waals surface area contributed by atoms with E-state index in [0.29, 0.717) is 16.8 Å². The van der Waals surface area contributed by atoms with Gasteiger partial charge in [0.1, 0.15) is 23.1 Å². The highest BCUT2D eigenvalue weighted by Gasteiger charge is 2.36. The van der Waals surface area contributed by atoms with E-state index >= 15 is 0 Å². The molecule has 9 heteroatoms. The van der Waals surface area contributed by atoms with Crippen LogP contribution in [0.2, 0.25) is 0 Å². The van der Waals surface area contributed by atoms with E-state index in [1.54, 1.807) is 6.08 Å². The number of nitrogens with zero attached hydrogens (tertiary/aromatic N) is 4. The standard InChI is InChI=1S/C32H29N5O3S/c1-21-10-3-7-14-27(21)39-17-9-16-36-19-23(24-12-5-6-13-26(24)36)18-25-30(33)37-32(34-31(25)38)41-29(35-37)20-40-28-15-8-4-11-22(28)2/h3-8,10-15,18-19,33H,9,16-17,20H2,1-2H3/b25-18-,33-30?. The van der Waals surface area contributed by atoms with E-state index in [4.69, 9.17) is 14.9 Å². The summed E-state index contributed by atoms with van der Waals surface area (Å²) in [5, 5.41) is 16.7. The molecule has 0 radical (unpaired) electrons. The second-order valence-corrected chi connectivity index (χ2v) is 10.9. The highest BCUT2D eigenvalue weighted by molar-refractivity contribution is 8.27. The summed E-state index contributed by atoms with van der Waals surface area (Å²) < 4.78 is 14.1. The fraction of sp³-hybridized carbons (Fsp3) is 0.188. The zero-order chi connectivity index (χ0) is 28.3. The number of carbonyl (C=O) groups excluding carboxylic acids is 1. The molecule has 6 rings (SSSR count). The summed E-state index contributed by atoms with van der Waals surface area (Å²) in [5.41, 5.74) is 4.25. The topological polar surface area (TPSA) is 92.3 Å². The first-order chi connectivity index (χ1) is 20.0. The van der Waals surface area contributed by atoms with Gasteiger partial charge in [-0.05, 0) is 67.4 Å². The number of hydrogen-bond acceptors (Lipinski definition) is 6. The second kappa shape index (κ2) is 11.5. The van der Waals surface area contributed by atoms with E-state index < -0.39 is 5.91 Å². The third kappa shape index (κ3) is 5.53. The van der Waals surface area contributed by atoms with Gasteiger partial charge < -0.3 is 14.0 Å². The average Bonchev–Trinajstić information content (AvgIpc) is 3.55. The molecule has 1 aromatic heterocycles. The van der Waals surface area contributed by atoms with Crippen molar-refractivity contribution in [3.63, 3.8) is 0 Å². The molecule has 0 saturated carbocycles. The quantitative estimate of drug-likeness (QED) is 0.187. The molecule has 0 atom stereocenters. The van der Waals surface area contributed by atoms with Crippen molar-refractivity contribution in [3.8, 4) is 11.5 Å². The minimum absolute atomic E-state index is 0.00172. The van der Waals surface area contributed by atoms with Crippen LogP contribution in [0, 0.1) is 19.3 Å². The number of nitrogens with one attached hydrogen (secondary N) is 1. The number of hydrogen-bond donors (Lipinski definition) is 1. The molecule has 8 nitrogen and oxygen atoms in total. The van der Waals surface area contributed by atoms with Gasteiger partial charge in [0.15, 0.2) is 5.84 Å². The van der Waals surface area contributed by atoms with Gasteiger partial charge in [0.05, 0.1) is 12.2 Å². The maximum absolute atomic E-state index is 13.1. The number of para-hydroxylation sites is 3. The fourth-order valence-corrected chi connectivity index (χ4v) is 5.61. The van der Waals surface area contributed by atoms with Crippen LogP contribution >= 0.6 is 11.8 Å². The Hall–Kier alpha value is -4.63. The number of ether oxygens (including phenoxy) is 2. The van der Waals surface area contributed by atoms with Gasteiger partial charge in [-0.2, -0.15) is 15.1 Å². The molecular weight excluding hydrogens is 534 g/mol. The van der Waals surface area contributed by atoms with Crippen molar-refractivity contribution >= 4 is 50.7 Å². The molecule has 3 heterocycles. The Morgan fingerprint density at radius 2 is 1.61 bits per heavy atom. The lowest BCUT2D eigenvalue weighted by molar-refractivity contribution is -0.114. The predicted octanol–water partition coefficient (Wildman–Crippen LogP) is 6.43. The molecule has 0 fully saturated rings. The molecule has 1 N–H and O–H groups in total. The normalized spacial score (nSPS) is 15.8. The van der Waals surface area contributed by atoms with E-state index in [9.17, 15) is 4.79 Å². The molecule has 206 valence electrons. The number of amides is 1. The van der Waals surface area contributed by atoms with Gasteiger partial charge in [-0.3, -0.25) is 10.2 Å². The molecule has 0 aliphatic carbocycles. The number of aryl methyl sites for hydroxylation is 3. The summed E-state index contributed by atoms with van der Waals surface area (Å²) in [6, 6.07) is 23.8. The Morgan fingerprint density at radius 1 is 0.927 bits per heavy atom. The monoisotopic (exact) mass is 563 g/mol. The van der Waals surface area contributed by atoms with Gasteiger partial charge in [-0.15, -0.1) is 0 Å². The second-order valence-electron chi connectivity index (χ2n) is 9.83. The smallest absolute Gasteiger partial charge is 0.283 e. The highest BCUT2D eigenvalue weighted by Crippen LogP contribution is 2.31. The summed E-state index contributed by atoms with van der Waals surface area (Å²) in [7, 11) is 0. The number of carbonyl (C=O) groups is 1. The largest absolute Gasteiger partial charge is 0.493 e. The molecule has 2 aliphatic heterocycles. The van der Waals surface area contributed by atoms with Gasteiger partial charge >= 0.3 is 0 Å². The summed E-state index contributed by atoms with van der Waals surface area (Å²) >= 11 is 1.25. The minimum Gasteiger partial charge on any atom is -0.493 e. The molecular formula is C32H29N5O3S. The van der Waals surface area contributed by atoms with Crippen molar-refractivity contribution in [1.29, 1.82) is 5.41 Å².